The Balaban J connectivity index is 1.36. The Hall–Kier alpha value is -3.08. The first-order valence-electron chi connectivity index (χ1n) is 8.92. The molecular weight excluding hydrogens is 326 g/mol. The number of benzene rings is 2. The van der Waals surface area contributed by atoms with Gasteiger partial charge in [-0.05, 0) is 29.7 Å². The second-order valence-electron chi connectivity index (χ2n) is 6.56. The van der Waals surface area contributed by atoms with E-state index >= 15 is 0 Å². The normalized spacial score (nSPS) is 13.7. The lowest BCUT2D eigenvalue weighted by Crippen LogP contribution is -2.41. The molecule has 1 aromatic heterocycles. The van der Waals surface area contributed by atoms with Gasteiger partial charge in [0.05, 0.1) is 6.42 Å². The summed E-state index contributed by atoms with van der Waals surface area (Å²) >= 11 is 0. The average molecular weight is 347 g/mol. The Morgan fingerprint density at radius 3 is 2.81 bits per heavy atom. The molecule has 2 heterocycles. The second-order valence-corrected chi connectivity index (χ2v) is 6.56. The summed E-state index contributed by atoms with van der Waals surface area (Å²) in [5, 5.41) is 4.01. The summed E-state index contributed by atoms with van der Waals surface area (Å²) in [4.78, 5) is 29.5. The van der Waals surface area contributed by atoms with Crippen LogP contribution in [0.3, 0.4) is 0 Å². The Kier molecular flexibility index (Phi) is 4.44. The molecule has 0 spiro atoms. The molecule has 1 aliphatic rings. The van der Waals surface area contributed by atoms with E-state index < -0.39 is 0 Å². The molecule has 0 saturated heterocycles. The maximum Gasteiger partial charge on any atom is 0.227 e. The fourth-order valence-electron chi connectivity index (χ4n) is 3.56. The maximum absolute atomic E-state index is 12.3. The molecule has 3 aromatic rings. The molecule has 2 aromatic carbocycles. The lowest BCUT2D eigenvalue weighted by molar-refractivity contribution is -0.121. The Morgan fingerprint density at radius 2 is 1.88 bits per heavy atom. The van der Waals surface area contributed by atoms with E-state index in [1.807, 2.05) is 48.7 Å². The fourth-order valence-corrected chi connectivity index (χ4v) is 3.56. The summed E-state index contributed by atoms with van der Waals surface area (Å²) < 4.78 is 0. The van der Waals surface area contributed by atoms with E-state index in [0.717, 1.165) is 28.6 Å². The zero-order valence-electron chi connectivity index (χ0n) is 14.5. The highest BCUT2D eigenvalue weighted by Gasteiger charge is 2.23. The van der Waals surface area contributed by atoms with Crippen molar-refractivity contribution in [1.82, 2.24) is 10.3 Å². The van der Waals surface area contributed by atoms with Crippen LogP contribution in [0.2, 0.25) is 0 Å². The molecule has 5 nitrogen and oxygen atoms in total. The van der Waals surface area contributed by atoms with Gasteiger partial charge in [0.15, 0.2) is 0 Å². The van der Waals surface area contributed by atoms with Crippen molar-refractivity contribution in [2.45, 2.75) is 19.3 Å². The van der Waals surface area contributed by atoms with Gasteiger partial charge in [-0.1, -0.05) is 36.4 Å². The molecule has 0 bridgehead atoms. The number of nitrogens with one attached hydrogen (secondary N) is 2. The molecule has 1 aliphatic heterocycles. The van der Waals surface area contributed by atoms with Gasteiger partial charge in [0, 0.05) is 42.3 Å². The molecular formula is C21H21N3O2. The van der Waals surface area contributed by atoms with Gasteiger partial charge in [-0.3, -0.25) is 9.59 Å². The van der Waals surface area contributed by atoms with E-state index in [0.29, 0.717) is 25.9 Å². The smallest absolute Gasteiger partial charge is 0.227 e. The number of hydrogen-bond acceptors (Lipinski definition) is 2. The number of aromatic amines is 1. The van der Waals surface area contributed by atoms with Crippen LogP contribution in [0, 0.1) is 0 Å². The molecule has 2 N–H and O–H groups in total. The molecule has 0 saturated carbocycles. The summed E-state index contributed by atoms with van der Waals surface area (Å²) in [7, 11) is 0. The highest BCUT2D eigenvalue weighted by molar-refractivity contribution is 5.96. The summed E-state index contributed by atoms with van der Waals surface area (Å²) in [6, 6.07) is 15.9. The fraction of sp³-hybridized carbons (Fsp3) is 0.238. The van der Waals surface area contributed by atoms with Gasteiger partial charge >= 0.3 is 0 Å². The monoisotopic (exact) mass is 347 g/mol. The molecule has 0 unspecified atom stereocenters. The van der Waals surface area contributed by atoms with Gasteiger partial charge in [0.25, 0.3) is 0 Å². The quantitative estimate of drug-likeness (QED) is 0.745. The predicted molar refractivity (Wildman–Crippen MR) is 102 cm³/mol. The van der Waals surface area contributed by atoms with Crippen molar-refractivity contribution in [3.8, 4) is 0 Å². The van der Waals surface area contributed by atoms with Crippen LogP contribution in [0.5, 0.6) is 0 Å². The highest BCUT2D eigenvalue weighted by atomic mass is 16.2. The number of H-pyrrole nitrogens is 1. The minimum atomic E-state index is -0.0347. The third-order valence-corrected chi connectivity index (χ3v) is 4.88. The van der Waals surface area contributed by atoms with Gasteiger partial charge in [-0.15, -0.1) is 0 Å². The predicted octanol–water partition coefficient (Wildman–Crippen LogP) is 2.81. The molecule has 2 amide bonds. The van der Waals surface area contributed by atoms with Gasteiger partial charge in [-0.25, -0.2) is 0 Å². The zero-order chi connectivity index (χ0) is 17.9. The number of amides is 2. The van der Waals surface area contributed by atoms with Crippen molar-refractivity contribution in [3.63, 3.8) is 0 Å². The second kappa shape index (κ2) is 7.04. The maximum atomic E-state index is 12.3. The van der Waals surface area contributed by atoms with Crippen LogP contribution in [0.25, 0.3) is 10.9 Å². The van der Waals surface area contributed by atoms with Crippen LogP contribution in [-0.2, 0) is 22.4 Å². The van der Waals surface area contributed by atoms with Crippen LogP contribution in [-0.4, -0.2) is 29.9 Å². The number of carbonyl (C=O) groups is 2. The van der Waals surface area contributed by atoms with Crippen molar-refractivity contribution >= 4 is 28.4 Å². The third kappa shape index (κ3) is 3.20. The van der Waals surface area contributed by atoms with Crippen molar-refractivity contribution < 1.29 is 9.59 Å². The highest BCUT2D eigenvalue weighted by Crippen LogP contribution is 2.26. The van der Waals surface area contributed by atoms with Crippen LogP contribution < -0.4 is 10.2 Å². The lowest BCUT2D eigenvalue weighted by atomic mass is 10.0. The number of fused-ring (bicyclic) bond motifs is 2. The number of nitrogens with zero attached hydrogens (tertiary/aromatic N) is 1. The molecule has 0 fully saturated rings. The first kappa shape index (κ1) is 16.4. The molecule has 4 rings (SSSR count). The molecule has 0 aliphatic carbocycles. The number of aromatic nitrogens is 1. The minimum absolute atomic E-state index is 0.0347. The van der Waals surface area contributed by atoms with Gasteiger partial charge in [0.2, 0.25) is 11.8 Å². The lowest BCUT2D eigenvalue weighted by Gasteiger charge is -2.29. The Morgan fingerprint density at radius 1 is 1.08 bits per heavy atom. The van der Waals surface area contributed by atoms with Crippen LogP contribution in [0.15, 0.2) is 54.7 Å². The third-order valence-electron chi connectivity index (χ3n) is 4.88. The topological polar surface area (TPSA) is 65.2 Å². The number of rotatable bonds is 5. The largest absolute Gasteiger partial charge is 0.361 e. The molecule has 0 radical (unpaired) electrons. The van der Waals surface area contributed by atoms with Crippen LogP contribution in [0.1, 0.15) is 17.5 Å². The number of carbonyl (C=O) groups excluding carboxylic acids is 2. The van der Waals surface area contributed by atoms with Crippen molar-refractivity contribution in [1.29, 1.82) is 0 Å². The van der Waals surface area contributed by atoms with E-state index in [9.17, 15) is 9.59 Å². The SMILES string of the molecule is O=C(Cc1c[nH]c2ccccc12)NCCN1C(=O)CCc2ccccc21. The summed E-state index contributed by atoms with van der Waals surface area (Å²) in [6.45, 7) is 0.941. The Labute approximate surface area is 152 Å². The molecule has 26 heavy (non-hydrogen) atoms. The standard InChI is InChI=1S/C21H21N3O2/c25-20(13-16-14-23-18-7-3-2-6-17(16)18)22-11-12-24-19-8-4-1-5-15(19)9-10-21(24)26/h1-8,14,23H,9-13H2,(H,22,25). The summed E-state index contributed by atoms with van der Waals surface area (Å²) in [5.41, 5.74) is 4.18. The molecule has 0 atom stereocenters. The summed E-state index contributed by atoms with van der Waals surface area (Å²) in [6.07, 6.45) is 3.53. The van der Waals surface area contributed by atoms with E-state index in [-0.39, 0.29) is 11.8 Å². The number of aryl methyl sites for hydroxylation is 1. The van der Waals surface area contributed by atoms with E-state index in [1.165, 1.54) is 5.56 Å². The van der Waals surface area contributed by atoms with E-state index in [2.05, 4.69) is 16.4 Å². The van der Waals surface area contributed by atoms with Gasteiger partial charge in [0.1, 0.15) is 0 Å². The van der Waals surface area contributed by atoms with Crippen molar-refractivity contribution in [2.75, 3.05) is 18.0 Å². The first-order valence-corrected chi connectivity index (χ1v) is 8.92. The summed E-state index contributed by atoms with van der Waals surface area (Å²) in [5.74, 6) is 0.0853. The first-order chi connectivity index (χ1) is 12.7. The van der Waals surface area contributed by atoms with Crippen molar-refractivity contribution in [3.05, 3.63) is 65.9 Å². The number of hydrogen-bond donors (Lipinski definition) is 2. The van der Waals surface area contributed by atoms with E-state index in [4.69, 9.17) is 0 Å². The zero-order valence-corrected chi connectivity index (χ0v) is 14.5. The minimum Gasteiger partial charge on any atom is -0.361 e. The average Bonchev–Trinajstić information content (AvgIpc) is 3.06. The Bertz CT molecular complexity index is 961. The van der Waals surface area contributed by atoms with Gasteiger partial charge in [-0.2, -0.15) is 0 Å². The van der Waals surface area contributed by atoms with Crippen LogP contribution in [0.4, 0.5) is 5.69 Å². The molecule has 132 valence electrons. The number of anilines is 1. The van der Waals surface area contributed by atoms with Crippen molar-refractivity contribution in [2.24, 2.45) is 0 Å². The molecule has 5 heteroatoms. The van der Waals surface area contributed by atoms with E-state index in [1.54, 1.807) is 4.90 Å². The van der Waals surface area contributed by atoms with Crippen LogP contribution >= 0.6 is 0 Å². The number of para-hydroxylation sites is 2. The van der Waals surface area contributed by atoms with Gasteiger partial charge < -0.3 is 15.2 Å².